The molecule has 0 aromatic carbocycles. The molecule has 2 heterocycles. The largest absolute Gasteiger partial charge is 0.381 e. The summed E-state index contributed by atoms with van der Waals surface area (Å²) >= 11 is 2.17. The fourth-order valence-corrected chi connectivity index (χ4v) is 3.22. The number of hydrogen-bond acceptors (Lipinski definition) is 2. The summed E-state index contributed by atoms with van der Waals surface area (Å²) in [7, 11) is 0. The molecule has 2 saturated heterocycles. The van der Waals surface area contributed by atoms with Gasteiger partial charge in [0.25, 0.3) is 0 Å². The van der Waals surface area contributed by atoms with E-state index in [1.54, 1.807) is 0 Å². The van der Waals surface area contributed by atoms with E-state index < -0.39 is 0 Å². The van der Waals surface area contributed by atoms with Gasteiger partial charge >= 0.3 is 0 Å². The van der Waals surface area contributed by atoms with Gasteiger partial charge < -0.3 is 4.74 Å². The zero-order valence-electron chi connectivity index (χ0n) is 6.97. The van der Waals surface area contributed by atoms with E-state index in [1.165, 1.54) is 37.9 Å². The van der Waals surface area contributed by atoms with Gasteiger partial charge in [0.15, 0.2) is 0 Å². The van der Waals surface area contributed by atoms with Crippen molar-refractivity contribution in [1.29, 1.82) is 0 Å². The quantitative estimate of drug-likeness (QED) is 0.555. The van der Waals surface area contributed by atoms with E-state index in [1.807, 2.05) is 0 Å². The first-order chi connectivity index (χ1) is 5.41. The Kier molecular flexibility index (Phi) is 2.42. The van der Waals surface area contributed by atoms with Crippen LogP contribution in [0.2, 0.25) is 0 Å². The minimum absolute atomic E-state index is 0.667. The molecule has 0 bridgehead atoms. The van der Waals surface area contributed by atoms with Crippen molar-refractivity contribution >= 4 is 11.8 Å². The Bertz CT molecular complexity index is 122. The van der Waals surface area contributed by atoms with Gasteiger partial charge in [-0.25, -0.2) is 0 Å². The molecule has 0 aliphatic carbocycles. The van der Waals surface area contributed by atoms with Gasteiger partial charge in [-0.15, -0.1) is 0 Å². The summed E-state index contributed by atoms with van der Waals surface area (Å²) in [4.78, 5) is 0. The maximum Gasteiger partial charge on any atom is 0.0479 e. The third kappa shape index (κ3) is 1.73. The zero-order valence-corrected chi connectivity index (χ0v) is 7.79. The average Bonchev–Trinajstić information content (AvgIpc) is 1.82. The van der Waals surface area contributed by atoms with Crippen molar-refractivity contribution in [1.82, 2.24) is 0 Å². The molecule has 1 atom stereocenters. The summed E-state index contributed by atoms with van der Waals surface area (Å²) in [5, 5.41) is 0. The molecule has 2 aliphatic rings. The van der Waals surface area contributed by atoms with Gasteiger partial charge in [0.2, 0.25) is 0 Å². The fourth-order valence-electron chi connectivity index (χ4n) is 1.92. The SMILES string of the molecule is C1CCC2(CCOC1)CCS2. The Balaban J connectivity index is 1.86. The summed E-state index contributed by atoms with van der Waals surface area (Å²) in [5.41, 5.74) is 0. The average molecular weight is 172 g/mol. The first-order valence-corrected chi connectivity index (χ1v) is 5.62. The van der Waals surface area contributed by atoms with Crippen molar-refractivity contribution in [2.24, 2.45) is 0 Å². The van der Waals surface area contributed by atoms with Crippen LogP contribution < -0.4 is 0 Å². The summed E-state index contributed by atoms with van der Waals surface area (Å²) < 4.78 is 6.16. The lowest BCUT2D eigenvalue weighted by Gasteiger charge is -2.42. The molecular weight excluding hydrogens is 156 g/mol. The van der Waals surface area contributed by atoms with Crippen molar-refractivity contribution in [3.05, 3.63) is 0 Å². The van der Waals surface area contributed by atoms with Gasteiger partial charge in [-0.05, 0) is 37.9 Å². The summed E-state index contributed by atoms with van der Waals surface area (Å²) in [6.07, 6.45) is 6.86. The molecule has 64 valence electrons. The Hall–Kier alpha value is 0.310. The highest BCUT2D eigenvalue weighted by Crippen LogP contribution is 2.47. The van der Waals surface area contributed by atoms with Crippen molar-refractivity contribution in [2.75, 3.05) is 19.0 Å². The molecule has 2 fully saturated rings. The molecule has 2 rings (SSSR count). The van der Waals surface area contributed by atoms with E-state index >= 15 is 0 Å². The minimum atomic E-state index is 0.667. The third-order valence-electron chi connectivity index (χ3n) is 2.84. The first-order valence-electron chi connectivity index (χ1n) is 4.63. The smallest absolute Gasteiger partial charge is 0.0479 e. The summed E-state index contributed by atoms with van der Waals surface area (Å²) in [6, 6.07) is 0. The normalized spacial score (nSPS) is 39.3. The number of ether oxygens (including phenoxy) is 1. The van der Waals surface area contributed by atoms with Crippen LogP contribution in [0.5, 0.6) is 0 Å². The van der Waals surface area contributed by atoms with Gasteiger partial charge in [0.1, 0.15) is 0 Å². The Labute approximate surface area is 72.9 Å². The molecule has 0 aromatic heterocycles. The van der Waals surface area contributed by atoms with Crippen LogP contribution in [-0.2, 0) is 4.74 Å². The second-order valence-corrected chi connectivity index (χ2v) is 5.16. The fraction of sp³-hybridized carbons (Fsp3) is 1.00. The number of rotatable bonds is 0. The molecule has 1 spiro atoms. The first kappa shape index (κ1) is 7.93. The van der Waals surface area contributed by atoms with Crippen LogP contribution in [0.3, 0.4) is 0 Å². The van der Waals surface area contributed by atoms with Gasteiger partial charge in [0.05, 0.1) is 0 Å². The molecule has 0 radical (unpaired) electrons. The van der Waals surface area contributed by atoms with E-state index in [2.05, 4.69) is 11.8 Å². The molecule has 0 N–H and O–H groups in total. The second kappa shape index (κ2) is 3.36. The van der Waals surface area contributed by atoms with Crippen LogP contribution in [0.1, 0.15) is 32.1 Å². The molecule has 0 amide bonds. The van der Waals surface area contributed by atoms with Gasteiger partial charge in [-0.3, -0.25) is 0 Å². The highest BCUT2D eigenvalue weighted by molar-refractivity contribution is 8.02. The van der Waals surface area contributed by atoms with Gasteiger partial charge in [-0.1, -0.05) is 0 Å². The highest BCUT2D eigenvalue weighted by Gasteiger charge is 2.37. The van der Waals surface area contributed by atoms with Crippen LogP contribution in [0.4, 0.5) is 0 Å². The topological polar surface area (TPSA) is 9.23 Å². The molecular formula is C9H16OS. The zero-order chi connectivity index (χ0) is 7.57. The van der Waals surface area contributed by atoms with E-state index in [0.29, 0.717) is 4.75 Å². The predicted molar refractivity (Wildman–Crippen MR) is 49.1 cm³/mol. The van der Waals surface area contributed by atoms with Gasteiger partial charge in [0, 0.05) is 18.0 Å². The monoisotopic (exact) mass is 172 g/mol. The summed E-state index contributed by atoms with van der Waals surface area (Å²) in [6.45, 7) is 2.01. The van der Waals surface area contributed by atoms with Crippen LogP contribution >= 0.6 is 11.8 Å². The van der Waals surface area contributed by atoms with Crippen molar-refractivity contribution in [3.63, 3.8) is 0 Å². The van der Waals surface area contributed by atoms with Crippen LogP contribution in [0, 0.1) is 0 Å². The molecule has 1 unspecified atom stereocenters. The van der Waals surface area contributed by atoms with E-state index in [9.17, 15) is 0 Å². The standard InChI is InChI=1S/C9H16OS/c1-2-6-10-7-4-9(3-1)5-8-11-9/h1-8H2. The Morgan fingerprint density at radius 3 is 2.64 bits per heavy atom. The molecule has 11 heavy (non-hydrogen) atoms. The van der Waals surface area contributed by atoms with Crippen LogP contribution in [0.25, 0.3) is 0 Å². The maximum atomic E-state index is 5.49. The van der Waals surface area contributed by atoms with E-state index in [0.717, 1.165) is 13.2 Å². The van der Waals surface area contributed by atoms with Gasteiger partial charge in [-0.2, -0.15) is 11.8 Å². The number of hydrogen-bond donors (Lipinski definition) is 0. The Morgan fingerprint density at radius 1 is 1.00 bits per heavy atom. The second-order valence-electron chi connectivity index (χ2n) is 3.60. The van der Waals surface area contributed by atoms with Crippen molar-refractivity contribution in [2.45, 2.75) is 36.9 Å². The molecule has 2 aliphatic heterocycles. The third-order valence-corrected chi connectivity index (χ3v) is 4.47. The predicted octanol–water partition coefficient (Wildman–Crippen LogP) is 2.45. The molecule has 0 aromatic rings. The minimum Gasteiger partial charge on any atom is -0.381 e. The highest BCUT2D eigenvalue weighted by atomic mass is 32.2. The molecule has 0 saturated carbocycles. The Morgan fingerprint density at radius 2 is 1.91 bits per heavy atom. The maximum absolute atomic E-state index is 5.49. The number of thioether (sulfide) groups is 1. The molecule has 1 nitrogen and oxygen atoms in total. The summed E-state index contributed by atoms with van der Waals surface area (Å²) in [5.74, 6) is 1.39. The van der Waals surface area contributed by atoms with E-state index in [-0.39, 0.29) is 0 Å². The lowest BCUT2D eigenvalue weighted by molar-refractivity contribution is 0.104. The van der Waals surface area contributed by atoms with Crippen molar-refractivity contribution < 1.29 is 4.74 Å². The lowest BCUT2D eigenvalue weighted by atomic mass is 9.93. The van der Waals surface area contributed by atoms with E-state index in [4.69, 9.17) is 4.74 Å². The van der Waals surface area contributed by atoms with Crippen molar-refractivity contribution in [3.8, 4) is 0 Å². The van der Waals surface area contributed by atoms with Crippen LogP contribution in [0.15, 0.2) is 0 Å². The molecule has 2 heteroatoms. The lowest BCUT2D eigenvalue weighted by Crippen LogP contribution is -2.36. The van der Waals surface area contributed by atoms with Crippen LogP contribution in [-0.4, -0.2) is 23.7 Å².